The van der Waals surface area contributed by atoms with Crippen LogP contribution in [0.5, 0.6) is 5.75 Å². The van der Waals surface area contributed by atoms with Crippen LogP contribution in [0.15, 0.2) is 48.0 Å². The number of piperidine rings is 3. The summed E-state index contributed by atoms with van der Waals surface area (Å²) in [6.07, 6.45) is 6.36. The van der Waals surface area contributed by atoms with Crippen LogP contribution < -0.4 is 4.74 Å². The Morgan fingerprint density at radius 3 is 2.61 bits per heavy atom. The topological polar surface area (TPSA) is 111 Å². The lowest BCUT2D eigenvalue weighted by atomic mass is 9.58. The molecule has 9 atom stereocenters. The van der Waals surface area contributed by atoms with E-state index in [4.69, 9.17) is 9.47 Å². The third-order valence-electron chi connectivity index (χ3n) is 14.0. The molecule has 9 nitrogen and oxygen atoms in total. The van der Waals surface area contributed by atoms with Crippen LogP contribution in [0.1, 0.15) is 73.0 Å². The second-order valence-corrected chi connectivity index (χ2v) is 16.1. The van der Waals surface area contributed by atoms with E-state index in [0.29, 0.717) is 31.1 Å². The zero-order chi connectivity index (χ0) is 35.3. The molecule has 9 unspecified atom stereocenters. The number of carbonyl (C=O) groups excluding carboxylic acids is 2. The van der Waals surface area contributed by atoms with Crippen molar-refractivity contribution in [3.05, 3.63) is 76.1 Å². The summed E-state index contributed by atoms with van der Waals surface area (Å²) in [5.74, 6) is 1.20. The number of ketones is 1. The normalized spacial score (nSPS) is 33.7. The van der Waals surface area contributed by atoms with Crippen LogP contribution in [-0.4, -0.2) is 96.2 Å². The lowest BCUT2D eigenvalue weighted by Crippen LogP contribution is -2.63. The number of hydrogen-bond donors (Lipinski definition) is 3. The van der Waals surface area contributed by atoms with E-state index in [1.165, 1.54) is 29.3 Å². The number of nitrogens with one attached hydrogen (secondary N) is 2. The van der Waals surface area contributed by atoms with Crippen LogP contribution in [-0.2, 0) is 27.2 Å². The number of likely N-dealkylation sites (tertiary alicyclic amines) is 1. The highest BCUT2D eigenvalue weighted by Crippen LogP contribution is 2.56. The number of benzene rings is 2. The fourth-order valence-corrected chi connectivity index (χ4v) is 11.9. The molecule has 9 heteroatoms. The number of nitrogens with zero attached hydrogens (tertiary/aromatic N) is 2. The van der Waals surface area contributed by atoms with Crippen LogP contribution in [0.3, 0.4) is 0 Å². The van der Waals surface area contributed by atoms with Crippen molar-refractivity contribution in [1.29, 1.82) is 0 Å². The lowest BCUT2D eigenvalue weighted by Gasteiger charge is -2.53. The smallest absolute Gasteiger partial charge is 0.316 e. The zero-order valence-electron chi connectivity index (χ0n) is 30.4. The predicted octanol–water partition coefficient (Wildman–Crippen LogP) is 5.70. The van der Waals surface area contributed by atoms with E-state index in [2.05, 4.69) is 69.3 Å². The highest BCUT2D eigenvalue weighted by Gasteiger charge is 2.59. The summed E-state index contributed by atoms with van der Waals surface area (Å²) < 4.78 is 11.9. The van der Waals surface area contributed by atoms with E-state index < -0.39 is 5.41 Å². The Morgan fingerprint density at radius 1 is 1.04 bits per heavy atom. The molecule has 6 bridgehead atoms. The fraction of sp³-hybridized carbons (Fsp3) is 0.524. The zero-order valence-corrected chi connectivity index (χ0v) is 30.4. The van der Waals surface area contributed by atoms with Gasteiger partial charge in [-0.1, -0.05) is 29.8 Å². The van der Waals surface area contributed by atoms with Crippen LogP contribution >= 0.6 is 0 Å². The van der Waals surface area contributed by atoms with Gasteiger partial charge in [-0.2, -0.15) is 0 Å². The van der Waals surface area contributed by atoms with Gasteiger partial charge >= 0.3 is 5.97 Å². The maximum atomic E-state index is 14.2. The largest absolute Gasteiger partial charge is 0.496 e. The SMILES string of the molecule is CC=C1CN(C)C2Cc3c([nH]c4ccccc34)C(c3c(OC)ccc4c5c([nH]c34)C3CC4CC(C(C)=O)C3N(CC5)C4)CC1C2(CO)C(=O)OC. The average Bonchev–Trinajstić information content (AvgIpc) is 3.67. The molecular weight excluding hydrogens is 640 g/mol. The second kappa shape index (κ2) is 12.1. The number of para-hydroxylation sites is 1. The van der Waals surface area contributed by atoms with Gasteiger partial charge in [0, 0.05) is 88.6 Å². The fourth-order valence-electron chi connectivity index (χ4n) is 11.9. The highest BCUT2D eigenvalue weighted by atomic mass is 16.5. The molecule has 3 saturated heterocycles. The number of aliphatic hydroxyl groups excluding tert-OH is 1. The number of methoxy groups -OCH3 is 2. The van der Waals surface area contributed by atoms with Crippen molar-refractivity contribution in [3.63, 3.8) is 0 Å². The van der Waals surface area contributed by atoms with Crippen LogP contribution in [0, 0.1) is 23.2 Å². The first kappa shape index (κ1) is 33.0. The summed E-state index contributed by atoms with van der Waals surface area (Å²) in [4.78, 5) is 40.0. The number of allylic oxidation sites excluding steroid dienone is 1. The van der Waals surface area contributed by atoms with E-state index in [1.807, 2.05) is 6.92 Å². The van der Waals surface area contributed by atoms with Gasteiger partial charge in [-0.05, 0) is 88.2 Å². The van der Waals surface area contributed by atoms with Crippen molar-refractivity contribution in [2.24, 2.45) is 23.2 Å². The third kappa shape index (κ3) is 4.56. The number of hydrogen-bond acceptors (Lipinski definition) is 7. The number of likely N-dealkylation sites (N-methyl/N-ethyl adjacent to an activating group) is 1. The van der Waals surface area contributed by atoms with Gasteiger partial charge in [0.1, 0.15) is 16.9 Å². The summed E-state index contributed by atoms with van der Waals surface area (Å²) in [7, 11) is 5.26. The number of ether oxygens (including phenoxy) is 2. The number of aromatic amines is 2. The summed E-state index contributed by atoms with van der Waals surface area (Å²) in [5, 5.41) is 13.8. The van der Waals surface area contributed by atoms with E-state index in [-0.39, 0.29) is 48.3 Å². The molecular formula is C42H50N4O5. The van der Waals surface area contributed by atoms with Crippen molar-refractivity contribution >= 4 is 33.6 Å². The molecule has 3 N–H and O–H groups in total. The van der Waals surface area contributed by atoms with Gasteiger partial charge in [-0.15, -0.1) is 0 Å². The Labute approximate surface area is 299 Å². The standard InChI is InChI=1S/C42H50N4O5/c1-6-24-20-45(3)35-18-29-25-9-7-8-10-33(25)43-38(29)30(17-32(24)42(35,21-47)41(49)51-5)36-34(50-4)12-11-26-27-13-14-46-19-23-15-28(22(2)48)40(46)31(16-23)37(27)44-39(26)36/h6-12,23,28,30-32,35,40,43-44,47H,13-21H2,1-5H3. The van der Waals surface area contributed by atoms with Gasteiger partial charge in [0.05, 0.1) is 26.3 Å². The molecule has 0 amide bonds. The lowest BCUT2D eigenvalue weighted by molar-refractivity contribution is -0.169. The van der Waals surface area contributed by atoms with Crippen molar-refractivity contribution < 1.29 is 24.2 Å². The number of aromatic nitrogens is 2. The van der Waals surface area contributed by atoms with Crippen LogP contribution in [0.2, 0.25) is 0 Å². The summed E-state index contributed by atoms with van der Waals surface area (Å²) in [6, 6.07) is 12.8. The average molecular weight is 691 g/mol. The first-order valence-corrected chi connectivity index (χ1v) is 18.8. The third-order valence-corrected chi connectivity index (χ3v) is 14.0. The van der Waals surface area contributed by atoms with E-state index in [0.717, 1.165) is 71.4 Å². The number of esters is 1. The van der Waals surface area contributed by atoms with E-state index in [1.54, 1.807) is 14.0 Å². The molecule has 4 fully saturated rings. The summed E-state index contributed by atoms with van der Waals surface area (Å²) in [6.45, 7) is 6.28. The Kier molecular flexibility index (Phi) is 7.80. The maximum absolute atomic E-state index is 14.2. The maximum Gasteiger partial charge on any atom is 0.316 e. The number of Topliss-reactive ketones (excluding diaryl/α,β-unsaturated/α-hetero) is 1. The van der Waals surface area contributed by atoms with Crippen molar-refractivity contribution in [2.45, 2.75) is 69.9 Å². The molecule has 1 saturated carbocycles. The van der Waals surface area contributed by atoms with Gasteiger partial charge in [0.15, 0.2) is 0 Å². The number of rotatable bonds is 5. The molecule has 2 aromatic carbocycles. The van der Waals surface area contributed by atoms with Gasteiger partial charge in [0.2, 0.25) is 0 Å². The summed E-state index contributed by atoms with van der Waals surface area (Å²) >= 11 is 0. The molecule has 10 rings (SSSR count). The monoisotopic (exact) mass is 690 g/mol. The van der Waals surface area contributed by atoms with Gasteiger partial charge in [-0.25, -0.2) is 0 Å². The quantitative estimate of drug-likeness (QED) is 0.182. The molecule has 2 aromatic heterocycles. The molecule has 0 spiro atoms. The van der Waals surface area contributed by atoms with E-state index >= 15 is 0 Å². The second-order valence-electron chi connectivity index (χ2n) is 16.1. The van der Waals surface area contributed by atoms with Crippen molar-refractivity contribution in [1.82, 2.24) is 19.8 Å². The Morgan fingerprint density at radius 2 is 1.86 bits per heavy atom. The molecule has 6 heterocycles. The minimum atomic E-state index is -1.15. The Hall–Kier alpha value is -3.92. The molecule has 268 valence electrons. The number of fused-ring (bicyclic) bond motifs is 9. The first-order chi connectivity index (χ1) is 24.7. The Bertz CT molecular complexity index is 2090. The molecule has 4 aliphatic heterocycles. The van der Waals surface area contributed by atoms with Gasteiger partial charge < -0.3 is 24.5 Å². The van der Waals surface area contributed by atoms with Gasteiger partial charge in [0.25, 0.3) is 0 Å². The van der Waals surface area contributed by atoms with Crippen molar-refractivity contribution in [3.8, 4) is 5.75 Å². The van der Waals surface area contributed by atoms with Crippen LogP contribution in [0.25, 0.3) is 21.8 Å². The Balaban J connectivity index is 1.30. The minimum Gasteiger partial charge on any atom is -0.496 e. The molecule has 6 aliphatic rings. The number of H-pyrrole nitrogens is 2. The van der Waals surface area contributed by atoms with Crippen molar-refractivity contribution in [2.75, 3.05) is 47.5 Å². The predicted molar refractivity (Wildman–Crippen MR) is 197 cm³/mol. The summed E-state index contributed by atoms with van der Waals surface area (Å²) in [5.41, 5.74) is 8.19. The van der Waals surface area contributed by atoms with E-state index in [9.17, 15) is 14.7 Å². The molecule has 2 aliphatic carbocycles. The van der Waals surface area contributed by atoms with Crippen LogP contribution in [0.4, 0.5) is 0 Å². The number of aliphatic hydroxyl groups is 1. The highest BCUT2D eigenvalue weighted by molar-refractivity contribution is 5.92. The molecule has 4 aromatic rings. The molecule has 51 heavy (non-hydrogen) atoms. The number of carbonyl (C=O) groups is 2. The van der Waals surface area contributed by atoms with Gasteiger partial charge in [-0.3, -0.25) is 19.4 Å². The first-order valence-electron chi connectivity index (χ1n) is 18.8. The molecule has 0 radical (unpaired) electrons. The minimum absolute atomic E-state index is 0.0786.